The third-order valence-electron chi connectivity index (χ3n) is 6.48. The Morgan fingerprint density at radius 1 is 1.24 bits per heavy atom. The lowest BCUT2D eigenvalue weighted by molar-refractivity contribution is 0.0790. The highest BCUT2D eigenvalue weighted by atomic mass is 35.5. The molecule has 0 spiro atoms. The summed E-state index contributed by atoms with van der Waals surface area (Å²) >= 11 is 6.01. The number of hydrogen-bond donors (Lipinski definition) is 4. The van der Waals surface area contributed by atoms with Gasteiger partial charge in [-0.25, -0.2) is 9.37 Å². The quantitative estimate of drug-likeness (QED) is 0.278. The van der Waals surface area contributed by atoms with E-state index in [-0.39, 0.29) is 5.02 Å². The lowest BCUT2D eigenvalue weighted by atomic mass is 9.96. The Balaban J connectivity index is 1.56. The predicted octanol–water partition coefficient (Wildman–Crippen LogP) is 4.96. The van der Waals surface area contributed by atoms with E-state index >= 15 is 0 Å². The second-order valence-electron chi connectivity index (χ2n) is 10.4. The third-order valence-corrected chi connectivity index (χ3v) is 6.77. The fraction of sp³-hybridized carbons (Fsp3) is 0.407. The topological polar surface area (TPSA) is 112 Å². The van der Waals surface area contributed by atoms with Crippen molar-refractivity contribution in [2.45, 2.75) is 25.9 Å². The highest BCUT2D eigenvalue weighted by molar-refractivity contribution is 6.31. The maximum absolute atomic E-state index is 14.1. The molecule has 1 fully saturated rings. The smallest absolute Gasteiger partial charge is 0.229 e. The van der Waals surface area contributed by atoms with E-state index in [4.69, 9.17) is 22.1 Å². The van der Waals surface area contributed by atoms with Crippen molar-refractivity contribution in [3.05, 3.63) is 52.9 Å². The minimum Gasteiger partial charge on any atom is -0.494 e. The van der Waals surface area contributed by atoms with E-state index < -0.39 is 11.4 Å². The normalized spacial score (nSPS) is 15.7. The van der Waals surface area contributed by atoms with E-state index in [0.717, 1.165) is 31.7 Å². The number of nitrogen functional groups attached to an aromatic ring is 1. The van der Waals surface area contributed by atoms with Gasteiger partial charge in [-0.3, -0.25) is 0 Å². The zero-order valence-corrected chi connectivity index (χ0v) is 23.1. The van der Waals surface area contributed by atoms with Gasteiger partial charge in [0, 0.05) is 43.1 Å². The fourth-order valence-corrected chi connectivity index (χ4v) is 4.91. The number of hydrogen-bond acceptors (Lipinski definition) is 9. The monoisotopic (exact) mass is 543 g/mol. The van der Waals surface area contributed by atoms with Crippen molar-refractivity contribution >= 4 is 46.1 Å². The third kappa shape index (κ3) is 6.38. The Morgan fingerprint density at radius 2 is 2.00 bits per heavy atom. The SMILES string of the molecule is COc1cc(N2CC[C@@H](CN(C)C)C2)c(N)cc1Nc1nccc(Nc2cc(Cl)c(F)cc2C(C)(C)O)n1. The van der Waals surface area contributed by atoms with E-state index in [2.05, 4.69) is 44.5 Å². The van der Waals surface area contributed by atoms with Crippen LogP contribution in [-0.4, -0.2) is 60.8 Å². The Morgan fingerprint density at radius 3 is 2.68 bits per heavy atom. The van der Waals surface area contributed by atoms with Crippen LogP contribution in [0.25, 0.3) is 0 Å². The number of halogens is 2. The summed E-state index contributed by atoms with van der Waals surface area (Å²) in [6.45, 7) is 6.05. The molecule has 11 heteroatoms. The Kier molecular flexibility index (Phi) is 8.15. The van der Waals surface area contributed by atoms with Gasteiger partial charge in [-0.05, 0) is 64.5 Å². The first-order valence-electron chi connectivity index (χ1n) is 12.4. The number of aromatic nitrogens is 2. The number of benzene rings is 2. The summed E-state index contributed by atoms with van der Waals surface area (Å²) in [5.74, 6) is 1.30. The van der Waals surface area contributed by atoms with Gasteiger partial charge in [0.15, 0.2) is 0 Å². The summed E-state index contributed by atoms with van der Waals surface area (Å²) in [5, 5.41) is 16.7. The molecule has 1 aliphatic heterocycles. The molecule has 1 aliphatic rings. The number of nitrogens with two attached hydrogens (primary N) is 1. The molecule has 9 nitrogen and oxygen atoms in total. The molecule has 4 rings (SSSR count). The highest BCUT2D eigenvalue weighted by Crippen LogP contribution is 2.39. The van der Waals surface area contributed by atoms with Crippen LogP contribution in [0.5, 0.6) is 5.75 Å². The zero-order chi connectivity index (χ0) is 27.6. The van der Waals surface area contributed by atoms with E-state index in [1.165, 1.54) is 12.1 Å². The lowest BCUT2D eigenvalue weighted by Gasteiger charge is -2.24. The van der Waals surface area contributed by atoms with Crippen molar-refractivity contribution in [3.63, 3.8) is 0 Å². The van der Waals surface area contributed by atoms with Crippen LogP contribution >= 0.6 is 11.6 Å². The molecule has 2 heterocycles. The molecule has 1 saturated heterocycles. The molecular formula is C27H35ClFN7O2. The minimum absolute atomic E-state index is 0.0701. The maximum atomic E-state index is 14.1. The minimum atomic E-state index is -1.31. The van der Waals surface area contributed by atoms with Crippen LogP contribution in [0.4, 0.5) is 38.9 Å². The second-order valence-corrected chi connectivity index (χ2v) is 10.8. The van der Waals surface area contributed by atoms with Crippen LogP contribution in [-0.2, 0) is 5.60 Å². The number of nitrogens with one attached hydrogen (secondary N) is 2. The number of rotatable bonds is 9. The first kappa shape index (κ1) is 27.7. The van der Waals surface area contributed by atoms with E-state index in [1.807, 2.05) is 12.1 Å². The average molecular weight is 544 g/mol. The van der Waals surface area contributed by atoms with Gasteiger partial charge in [0.25, 0.3) is 0 Å². The molecular weight excluding hydrogens is 509 g/mol. The van der Waals surface area contributed by atoms with Crippen molar-refractivity contribution in [1.29, 1.82) is 0 Å². The van der Waals surface area contributed by atoms with Gasteiger partial charge < -0.3 is 36.0 Å². The molecule has 204 valence electrons. The zero-order valence-electron chi connectivity index (χ0n) is 22.3. The average Bonchev–Trinajstić information content (AvgIpc) is 3.28. The number of anilines is 6. The van der Waals surface area contributed by atoms with Crippen LogP contribution in [0.2, 0.25) is 5.02 Å². The van der Waals surface area contributed by atoms with Crippen molar-refractivity contribution in [2.24, 2.45) is 5.92 Å². The van der Waals surface area contributed by atoms with Crippen molar-refractivity contribution in [3.8, 4) is 5.75 Å². The molecule has 1 atom stereocenters. The molecule has 1 aromatic heterocycles. The Bertz CT molecular complexity index is 1300. The van der Waals surface area contributed by atoms with Crippen LogP contribution in [0.3, 0.4) is 0 Å². The lowest BCUT2D eigenvalue weighted by Crippen LogP contribution is -2.26. The molecule has 0 saturated carbocycles. The number of aliphatic hydroxyl groups is 1. The first-order valence-corrected chi connectivity index (χ1v) is 12.8. The molecule has 5 N–H and O–H groups in total. The number of nitrogens with zero attached hydrogens (tertiary/aromatic N) is 4. The Hall–Kier alpha value is -3.34. The van der Waals surface area contributed by atoms with Gasteiger partial charge in [-0.1, -0.05) is 11.6 Å². The summed E-state index contributed by atoms with van der Waals surface area (Å²) in [7, 11) is 5.79. The van der Waals surface area contributed by atoms with Crippen molar-refractivity contribution in [2.75, 3.05) is 62.1 Å². The van der Waals surface area contributed by atoms with E-state index in [1.54, 1.807) is 33.2 Å². The standard InChI is InChI=1S/C27H35ClFN7O2/c1-27(2,37)17-10-19(29)18(28)11-21(17)32-25-6-8-31-26(34-25)33-22-12-20(30)23(13-24(22)38-5)36-9-7-16(15-36)14-35(3)4/h6,8,10-13,16,37H,7,9,14-15,30H2,1-5H3,(H2,31,32,33,34)/t16-/m0/s1. The van der Waals surface area contributed by atoms with Gasteiger partial charge in [-0.2, -0.15) is 4.98 Å². The summed E-state index contributed by atoms with van der Waals surface area (Å²) in [6, 6.07) is 8.05. The van der Waals surface area contributed by atoms with Crippen molar-refractivity contribution in [1.82, 2.24) is 14.9 Å². The molecule has 0 amide bonds. The molecule has 38 heavy (non-hydrogen) atoms. The Labute approximate surface area is 227 Å². The first-order chi connectivity index (χ1) is 17.9. The number of ether oxygens (including phenoxy) is 1. The summed E-state index contributed by atoms with van der Waals surface area (Å²) < 4.78 is 19.8. The molecule has 0 aliphatic carbocycles. The van der Waals surface area contributed by atoms with Crippen LogP contribution in [0.15, 0.2) is 36.5 Å². The number of methoxy groups -OCH3 is 1. The van der Waals surface area contributed by atoms with E-state index in [0.29, 0.717) is 46.1 Å². The highest BCUT2D eigenvalue weighted by Gasteiger charge is 2.26. The molecule has 2 aromatic carbocycles. The fourth-order valence-electron chi connectivity index (χ4n) is 4.75. The van der Waals surface area contributed by atoms with E-state index in [9.17, 15) is 9.50 Å². The van der Waals surface area contributed by atoms with Gasteiger partial charge in [0.2, 0.25) is 5.95 Å². The molecule has 0 unspecified atom stereocenters. The second kappa shape index (κ2) is 11.2. The summed E-state index contributed by atoms with van der Waals surface area (Å²) in [4.78, 5) is 13.3. The van der Waals surface area contributed by atoms with Crippen LogP contribution in [0.1, 0.15) is 25.8 Å². The van der Waals surface area contributed by atoms with Crippen molar-refractivity contribution < 1.29 is 14.2 Å². The molecule has 3 aromatic rings. The van der Waals surface area contributed by atoms with Gasteiger partial charge in [-0.15, -0.1) is 0 Å². The molecule has 0 bridgehead atoms. The van der Waals surface area contributed by atoms with Gasteiger partial charge >= 0.3 is 0 Å². The van der Waals surface area contributed by atoms with Crippen LogP contribution < -0.4 is 26.0 Å². The summed E-state index contributed by atoms with van der Waals surface area (Å²) in [5.41, 5.74) is 8.13. The maximum Gasteiger partial charge on any atom is 0.229 e. The molecule has 0 radical (unpaired) electrons. The van der Waals surface area contributed by atoms with Gasteiger partial charge in [0.1, 0.15) is 17.4 Å². The predicted molar refractivity (Wildman–Crippen MR) is 152 cm³/mol. The largest absolute Gasteiger partial charge is 0.494 e. The summed E-state index contributed by atoms with van der Waals surface area (Å²) in [6.07, 6.45) is 2.69. The van der Waals surface area contributed by atoms with Gasteiger partial charge in [0.05, 0.1) is 34.8 Å². The van der Waals surface area contributed by atoms with Crippen LogP contribution in [0, 0.1) is 11.7 Å².